The van der Waals surface area contributed by atoms with E-state index in [1.807, 2.05) is 60.7 Å². The number of nitrogens with zero attached hydrogens (tertiary/aromatic N) is 4. The van der Waals surface area contributed by atoms with Crippen molar-refractivity contribution in [3.8, 4) is 23.6 Å². The second kappa shape index (κ2) is 8.83. The van der Waals surface area contributed by atoms with Crippen LogP contribution in [0.25, 0.3) is 21.5 Å². The van der Waals surface area contributed by atoms with E-state index in [1.54, 1.807) is 24.3 Å². The van der Waals surface area contributed by atoms with Crippen LogP contribution in [-0.4, -0.2) is 22.6 Å². The van der Waals surface area contributed by atoms with Crippen LogP contribution in [-0.2, 0) is 0 Å². The van der Waals surface area contributed by atoms with Crippen LogP contribution in [0, 0.1) is 22.7 Å². The highest BCUT2D eigenvalue weighted by molar-refractivity contribution is 6.03. The highest BCUT2D eigenvalue weighted by Gasteiger charge is 2.09. The molecule has 0 aliphatic carbocycles. The minimum Gasteiger partial charge on any atom is -0.507 e. The third kappa shape index (κ3) is 3.89. The molecule has 0 aliphatic heterocycles. The van der Waals surface area contributed by atoms with E-state index in [9.17, 15) is 20.7 Å². The van der Waals surface area contributed by atoms with Crippen molar-refractivity contribution >= 4 is 34.0 Å². The molecule has 0 bridgehead atoms. The summed E-state index contributed by atoms with van der Waals surface area (Å²) in [7, 11) is 0. The van der Waals surface area contributed by atoms with Gasteiger partial charge in [-0.15, -0.1) is 0 Å². The lowest BCUT2D eigenvalue weighted by Gasteiger charge is -2.05. The van der Waals surface area contributed by atoms with E-state index < -0.39 is 0 Å². The molecule has 152 valence electrons. The average molecular weight is 416 g/mol. The van der Waals surface area contributed by atoms with Gasteiger partial charge in [0.2, 0.25) is 0 Å². The van der Waals surface area contributed by atoms with Gasteiger partial charge in [0.15, 0.2) is 11.4 Å². The van der Waals surface area contributed by atoms with E-state index >= 15 is 0 Å². The molecule has 2 N–H and O–H groups in total. The maximum absolute atomic E-state index is 10.3. The van der Waals surface area contributed by atoms with Crippen molar-refractivity contribution in [3.05, 3.63) is 95.3 Å². The lowest BCUT2D eigenvalue weighted by molar-refractivity contribution is 0.475. The molecular formula is C26H16N4O2. The molecule has 6 heteroatoms. The average Bonchev–Trinajstić information content (AvgIpc) is 2.83. The number of hydrogen-bond donors (Lipinski definition) is 2. The summed E-state index contributed by atoms with van der Waals surface area (Å²) in [6.45, 7) is 0. The molecule has 4 aromatic carbocycles. The van der Waals surface area contributed by atoms with E-state index in [-0.39, 0.29) is 22.9 Å². The van der Waals surface area contributed by atoms with Gasteiger partial charge in [-0.2, -0.15) is 10.5 Å². The van der Waals surface area contributed by atoms with E-state index in [1.165, 1.54) is 12.4 Å². The predicted octanol–water partition coefficient (Wildman–Crippen LogP) is 5.20. The second-order valence-electron chi connectivity index (χ2n) is 6.88. The molecule has 0 aliphatic rings. The largest absolute Gasteiger partial charge is 0.507 e. The Bertz CT molecular complexity index is 1400. The lowest BCUT2D eigenvalue weighted by Crippen LogP contribution is -1.91. The SMILES string of the molecule is N#C/C(N=Cc1c(O)ccc2ccccc12)=C(\C#N)N=Cc1c(O)ccc2ccccc12. The first-order valence-electron chi connectivity index (χ1n) is 9.66. The third-order valence-corrected chi connectivity index (χ3v) is 4.98. The normalized spacial score (nSPS) is 12.2. The minimum absolute atomic E-state index is 0.00688. The Morgan fingerprint density at radius 3 is 1.44 bits per heavy atom. The predicted molar refractivity (Wildman–Crippen MR) is 125 cm³/mol. The van der Waals surface area contributed by atoms with Crippen molar-refractivity contribution < 1.29 is 10.2 Å². The molecule has 6 nitrogen and oxygen atoms in total. The molecule has 0 fully saturated rings. The first kappa shape index (κ1) is 20.3. The molecular weight excluding hydrogens is 400 g/mol. The van der Waals surface area contributed by atoms with Gasteiger partial charge in [-0.3, -0.25) is 0 Å². The highest BCUT2D eigenvalue weighted by Crippen LogP contribution is 2.27. The summed E-state index contributed by atoms with van der Waals surface area (Å²) < 4.78 is 0. The molecule has 0 aromatic heterocycles. The van der Waals surface area contributed by atoms with Gasteiger partial charge in [0, 0.05) is 23.6 Å². The van der Waals surface area contributed by atoms with E-state index in [0.717, 1.165) is 21.5 Å². The highest BCUT2D eigenvalue weighted by atomic mass is 16.3. The number of phenols is 2. The zero-order valence-electron chi connectivity index (χ0n) is 16.8. The Labute approximate surface area is 184 Å². The summed E-state index contributed by atoms with van der Waals surface area (Å²) in [6.07, 6.45) is 2.69. The Balaban J connectivity index is 1.77. The number of allylic oxidation sites excluding steroid dienone is 2. The smallest absolute Gasteiger partial charge is 0.176 e. The number of benzene rings is 4. The van der Waals surface area contributed by atoms with Crippen LogP contribution >= 0.6 is 0 Å². The van der Waals surface area contributed by atoms with Crippen LogP contribution in [0.1, 0.15) is 11.1 Å². The molecule has 0 unspecified atom stereocenters. The lowest BCUT2D eigenvalue weighted by atomic mass is 10.0. The van der Waals surface area contributed by atoms with Crippen molar-refractivity contribution in [2.75, 3.05) is 0 Å². The fraction of sp³-hybridized carbons (Fsp3) is 0. The number of nitriles is 2. The Morgan fingerprint density at radius 2 is 1.03 bits per heavy atom. The summed E-state index contributed by atoms with van der Waals surface area (Å²) >= 11 is 0. The van der Waals surface area contributed by atoms with Gasteiger partial charge in [-0.05, 0) is 33.7 Å². The summed E-state index contributed by atoms with van der Waals surface area (Å²) in [5, 5.41) is 43.0. The molecule has 0 heterocycles. The molecule has 4 aromatic rings. The Morgan fingerprint density at radius 1 is 0.625 bits per heavy atom. The fourth-order valence-corrected chi connectivity index (χ4v) is 3.38. The van der Waals surface area contributed by atoms with Crippen LogP contribution in [0.15, 0.2) is 94.2 Å². The number of fused-ring (bicyclic) bond motifs is 2. The van der Waals surface area contributed by atoms with Crippen LogP contribution in [0.4, 0.5) is 0 Å². The van der Waals surface area contributed by atoms with Gasteiger partial charge >= 0.3 is 0 Å². The number of aliphatic imine (C=N–C) groups is 2. The van der Waals surface area contributed by atoms with Crippen molar-refractivity contribution in [2.45, 2.75) is 0 Å². The van der Waals surface area contributed by atoms with Crippen molar-refractivity contribution in [3.63, 3.8) is 0 Å². The van der Waals surface area contributed by atoms with Gasteiger partial charge in [0.05, 0.1) is 0 Å². The molecule has 0 atom stereocenters. The molecule has 0 spiro atoms. The topological polar surface area (TPSA) is 113 Å². The first-order chi connectivity index (χ1) is 15.6. The Hall–Kier alpha value is -4.94. The molecule has 4 rings (SSSR count). The van der Waals surface area contributed by atoms with Crippen molar-refractivity contribution in [1.82, 2.24) is 0 Å². The van der Waals surface area contributed by atoms with Gasteiger partial charge in [-0.1, -0.05) is 60.7 Å². The summed E-state index contributed by atoms with van der Waals surface area (Å²) in [6, 6.07) is 25.3. The minimum atomic E-state index is -0.212. The van der Waals surface area contributed by atoms with Crippen molar-refractivity contribution in [2.24, 2.45) is 9.98 Å². The Kier molecular flexibility index (Phi) is 5.61. The zero-order chi connectivity index (χ0) is 22.5. The molecule has 0 radical (unpaired) electrons. The van der Waals surface area contributed by atoms with Gasteiger partial charge < -0.3 is 10.2 Å². The molecule has 0 saturated heterocycles. The van der Waals surface area contributed by atoms with E-state index in [2.05, 4.69) is 9.98 Å². The molecule has 32 heavy (non-hydrogen) atoms. The zero-order valence-corrected chi connectivity index (χ0v) is 16.8. The fourth-order valence-electron chi connectivity index (χ4n) is 3.38. The quantitative estimate of drug-likeness (QED) is 0.351. The maximum atomic E-state index is 10.3. The first-order valence-corrected chi connectivity index (χ1v) is 9.66. The van der Waals surface area contributed by atoms with Gasteiger partial charge in [-0.25, -0.2) is 9.98 Å². The third-order valence-electron chi connectivity index (χ3n) is 4.98. The molecule has 0 amide bonds. The standard InChI is InChI=1S/C26H16N4O2/c27-13-23(29-15-21-19-7-3-1-5-17(19)9-11-25(21)31)24(14-28)30-16-22-20-8-4-2-6-18(20)10-12-26(22)32/h1-12,15-16,31-32H/b24-23-,29-15?,30-16?. The van der Waals surface area contributed by atoms with Crippen LogP contribution in [0.3, 0.4) is 0 Å². The van der Waals surface area contributed by atoms with Gasteiger partial charge in [0.1, 0.15) is 23.6 Å². The van der Waals surface area contributed by atoms with Crippen LogP contribution < -0.4 is 0 Å². The van der Waals surface area contributed by atoms with Crippen molar-refractivity contribution in [1.29, 1.82) is 10.5 Å². The summed E-state index contributed by atoms with van der Waals surface area (Å²) in [4.78, 5) is 8.25. The number of rotatable bonds is 4. The second-order valence-corrected chi connectivity index (χ2v) is 6.88. The number of phenolic OH excluding ortho intramolecular Hbond substituents is 2. The van der Waals surface area contributed by atoms with Gasteiger partial charge in [0.25, 0.3) is 0 Å². The maximum Gasteiger partial charge on any atom is 0.176 e. The van der Waals surface area contributed by atoms with E-state index in [0.29, 0.717) is 11.1 Å². The molecule has 0 saturated carbocycles. The summed E-state index contributed by atoms with van der Waals surface area (Å²) in [5.74, 6) is 0.0138. The summed E-state index contributed by atoms with van der Waals surface area (Å²) in [5.41, 5.74) is 0.444. The monoisotopic (exact) mass is 416 g/mol. The number of aromatic hydroxyl groups is 2. The number of hydrogen-bond acceptors (Lipinski definition) is 6. The van der Waals surface area contributed by atoms with Crippen LogP contribution in [0.5, 0.6) is 11.5 Å². The van der Waals surface area contributed by atoms with E-state index in [4.69, 9.17) is 0 Å². The van der Waals surface area contributed by atoms with Crippen LogP contribution in [0.2, 0.25) is 0 Å².